The number of nitrogens with zero attached hydrogens (tertiary/aromatic N) is 6. The Morgan fingerprint density at radius 2 is 1.68 bits per heavy atom. The highest BCUT2D eigenvalue weighted by molar-refractivity contribution is 7.98. The molecule has 0 aromatic carbocycles. The lowest BCUT2D eigenvalue weighted by atomic mass is 10.3. The fraction of sp³-hybridized carbons (Fsp3) is 0.529. The van der Waals surface area contributed by atoms with E-state index in [-0.39, 0.29) is 11.6 Å². The van der Waals surface area contributed by atoms with Gasteiger partial charge in [-0.2, -0.15) is 5.10 Å². The van der Waals surface area contributed by atoms with E-state index >= 15 is 0 Å². The number of hydrogen-bond acceptors (Lipinski definition) is 7. The second-order valence-corrected chi connectivity index (χ2v) is 7.17. The number of piperazine rings is 1. The summed E-state index contributed by atoms with van der Waals surface area (Å²) in [4.78, 5) is 25.4. The average molecular weight is 360 g/mol. The molecule has 1 fully saturated rings. The molecule has 134 valence electrons. The second kappa shape index (κ2) is 7.43. The topological polar surface area (TPSA) is 67.2 Å². The Bertz CT molecular complexity index is 798. The van der Waals surface area contributed by atoms with E-state index in [2.05, 4.69) is 24.9 Å². The molecule has 1 saturated heterocycles. The number of rotatable bonds is 4. The van der Waals surface area contributed by atoms with Gasteiger partial charge in [0, 0.05) is 44.0 Å². The second-order valence-electron chi connectivity index (χ2n) is 6.40. The van der Waals surface area contributed by atoms with Crippen molar-refractivity contribution in [3.05, 3.63) is 34.2 Å². The van der Waals surface area contributed by atoms with Gasteiger partial charge < -0.3 is 9.80 Å². The van der Waals surface area contributed by atoms with Crippen LogP contribution in [0.3, 0.4) is 0 Å². The first-order chi connectivity index (χ1) is 12.0. The van der Waals surface area contributed by atoms with Crippen LogP contribution in [-0.4, -0.2) is 52.2 Å². The third-order valence-electron chi connectivity index (χ3n) is 4.23. The summed E-state index contributed by atoms with van der Waals surface area (Å²) >= 11 is 1.56. The zero-order valence-electron chi connectivity index (χ0n) is 15.1. The molecule has 0 amide bonds. The van der Waals surface area contributed by atoms with Gasteiger partial charge in [0.2, 0.25) is 0 Å². The summed E-state index contributed by atoms with van der Waals surface area (Å²) in [5.74, 6) is 1.84. The molecule has 3 rings (SSSR count). The average Bonchev–Trinajstić information content (AvgIpc) is 2.61. The Labute approximate surface area is 152 Å². The Balaban J connectivity index is 1.73. The van der Waals surface area contributed by atoms with Crippen molar-refractivity contribution in [2.24, 2.45) is 0 Å². The van der Waals surface area contributed by atoms with Crippen molar-refractivity contribution in [3.8, 4) is 0 Å². The molecule has 0 N–H and O–H groups in total. The summed E-state index contributed by atoms with van der Waals surface area (Å²) in [5, 5.41) is 5.33. The highest BCUT2D eigenvalue weighted by Gasteiger charge is 2.20. The van der Waals surface area contributed by atoms with E-state index < -0.39 is 0 Å². The van der Waals surface area contributed by atoms with Gasteiger partial charge in [-0.1, -0.05) is 11.8 Å². The molecule has 25 heavy (non-hydrogen) atoms. The van der Waals surface area contributed by atoms with Crippen LogP contribution in [0.5, 0.6) is 0 Å². The van der Waals surface area contributed by atoms with Gasteiger partial charge in [0.1, 0.15) is 11.6 Å². The first-order valence-electron chi connectivity index (χ1n) is 8.47. The summed E-state index contributed by atoms with van der Waals surface area (Å²) in [5.41, 5.74) is 0.931. The van der Waals surface area contributed by atoms with Gasteiger partial charge in [-0.05, 0) is 33.1 Å². The molecule has 0 bridgehead atoms. The normalized spacial score (nSPS) is 15.1. The van der Waals surface area contributed by atoms with Crippen molar-refractivity contribution in [2.45, 2.75) is 32.0 Å². The minimum Gasteiger partial charge on any atom is -0.353 e. The van der Waals surface area contributed by atoms with E-state index in [1.165, 1.54) is 0 Å². The number of hydrogen-bond donors (Lipinski definition) is 0. The van der Waals surface area contributed by atoms with E-state index in [1.54, 1.807) is 22.5 Å². The maximum Gasteiger partial charge on any atom is 0.267 e. The van der Waals surface area contributed by atoms with Crippen LogP contribution < -0.4 is 15.4 Å². The van der Waals surface area contributed by atoms with Gasteiger partial charge in [-0.15, -0.1) is 0 Å². The highest BCUT2D eigenvalue weighted by Crippen LogP contribution is 2.20. The molecule has 0 saturated carbocycles. The fourth-order valence-electron chi connectivity index (χ4n) is 2.90. The molecule has 2 aromatic rings. The smallest absolute Gasteiger partial charge is 0.267 e. The predicted molar refractivity (Wildman–Crippen MR) is 102 cm³/mol. The molecule has 0 aliphatic carbocycles. The van der Waals surface area contributed by atoms with Crippen LogP contribution in [0.15, 0.2) is 28.2 Å². The number of aryl methyl sites for hydroxylation is 1. The van der Waals surface area contributed by atoms with Gasteiger partial charge in [0.25, 0.3) is 5.56 Å². The molecular formula is C17H24N6OS. The lowest BCUT2D eigenvalue weighted by molar-refractivity contribution is 0.497. The van der Waals surface area contributed by atoms with E-state index in [4.69, 9.17) is 0 Å². The molecule has 1 aliphatic heterocycles. The summed E-state index contributed by atoms with van der Waals surface area (Å²) in [6.07, 6.45) is 1.99. The number of anilines is 2. The van der Waals surface area contributed by atoms with E-state index in [1.807, 2.05) is 39.2 Å². The van der Waals surface area contributed by atoms with Crippen LogP contribution in [0, 0.1) is 6.92 Å². The first-order valence-corrected chi connectivity index (χ1v) is 9.70. The monoisotopic (exact) mass is 360 g/mol. The molecular weight excluding hydrogens is 336 g/mol. The van der Waals surface area contributed by atoms with Crippen molar-refractivity contribution in [1.82, 2.24) is 19.7 Å². The predicted octanol–water partition coefficient (Wildman–Crippen LogP) is 1.97. The molecule has 2 aromatic heterocycles. The SMILES string of the molecule is CSc1nc(C)cc(N2CCN(c3ccc(=O)n(C(C)C)n3)CC2)n1. The molecule has 1 aliphatic rings. The Hall–Kier alpha value is -2.09. The van der Waals surface area contributed by atoms with Crippen LogP contribution in [0.2, 0.25) is 0 Å². The van der Waals surface area contributed by atoms with Gasteiger partial charge >= 0.3 is 0 Å². The van der Waals surface area contributed by atoms with Gasteiger partial charge in [-0.25, -0.2) is 14.6 Å². The zero-order valence-corrected chi connectivity index (χ0v) is 16.0. The third kappa shape index (κ3) is 3.95. The Morgan fingerprint density at radius 1 is 1.04 bits per heavy atom. The maximum absolute atomic E-state index is 11.9. The molecule has 0 atom stereocenters. The zero-order chi connectivity index (χ0) is 18.0. The van der Waals surface area contributed by atoms with E-state index in [0.717, 1.165) is 48.7 Å². The van der Waals surface area contributed by atoms with Gasteiger partial charge in [0.05, 0.1) is 6.04 Å². The molecule has 0 spiro atoms. The lowest BCUT2D eigenvalue weighted by Gasteiger charge is -2.36. The van der Waals surface area contributed by atoms with Crippen molar-refractivity contribution in [2.75, 3.05) is 42.2 Å². The van der Waals surface area contributed by atoms with Crippen molar-refractivity contribution in [1.29, 1.82) is 0 Å². The molecule has 3 heterocycles. The number of aromatic nitrogens is 4. The summed E-state index contributed by atoms with van der Waals surface area (Å²) in [6, 6.07) is 5.51. The van der Waals surface area contributed by atoms with Crippen LogP contribution >= 0.6 is 11.8 Å². The molecule has 0 unspecified atom stereocenters. The Kier molecular flexibility index (Phi) is 5.27. The van der Waals surface area contributed by atoms with Crippen molar-refractivity contribution in [3.63, 3.8) is 0 Å². The van der Waals surface area contributed by atoms with Crippen molar-refractivity contribution >= 4 is 23.4 Å². The van der Waals surface area contributed by atoms with Crippen LogP contribution in [0.1, 0.15) is 25.6 Å². The Morgan fingerprint density at radius 3 is 2.28 bits per heavy atom. The first kappa shape index (κ1) is 17.7. The maximum atomic E-state index is 11.9. The largest absolute Gasteiger partial charge is 0.353 e. The number of thioether (sulfide) groups is 1. The lowest BCUT2D eigenvalue weighted by Crippen LogP contribution is -2.47. The summed E-state index contributed by atoms with van der Waals surface area (Å²) in [6.45, 7) is 9.37. The minimum atomic E-state index is -0.0570. The quantitative estimate of drug-likeness (QED) is 0.610. The standard InChI is InChI=1S/C17H24N6OS/c1-12(2)23-16(24)6-5-14(20-23)21-7-9-22(10-8-21)15-11-13(3)18-17(19-15)25-4/h5-6,11-12H,7-10H2,1-4H3. The van der Waals surface area contributed by atoms with Crippen LogP contribution in [0.4, 0.5) is 11.6 Å². The molecule has 0 radical (unpaired) electrons. The van der Waals surface area contributed by atoms with Crippen molar-refractivity contribution < 1.29 is 0 Å². The third-order valence-corrected chi connectivity index (χ3v) is 4.78. The van der Waals surface area contributed by atoms with E-state index in [9.17, 15) is 4.79 Å². The van der Waals surface area contributed by atoms with Crippen LogP contribution in [0.25, 0.3) is 0 Å². The fourth-order valence-corrected chi connectivity index (χ4v) is 3.32. The highest BCUT2D eigenvalue weighted by atomic mass is 32.2. The van der Waals surface area contributed by atoms with Gasteiger partial charge in [-0.3, -0.25) is 4.79 Å². The molecule has 7 nitrogen and oxygen atoms in total. The summed E-state index contributed by atoms with van der Waals surface area (Å²) < 4.78 is 1.54. The summed E-state index contributed by atoms with van der Waals surface area (Å²) in [7, 11) is 0. The van der Waals surface area contributed by atoms with Gasteiger partial charge in [0.15, 0.2) is 5.16 Å². The van der Waals surface area contributed by atoms with E-state index in [0.29, 0.717) is 0 Å². The van der Waals surface area contributed by atoms with Crippen LogP contribution in [-0.2, 0) is 0 Å². The minimum absolute atomic E-state index is 0.0570. The molecule has 8 heteroatoms.